The minimum atomic E-state index is -1.33. The van der Waals surface area contributed by atoms with Crippen LogP contribution in [0.15, 0.2) is 60.2 Å². The Hall–Kier alpha value is -2.74. The topological polar surface area (TPSA) is 113 Å². The molecule has 1 aromatic carbocycles. The summed E-state index contributed by atoms with van der Waals surface area (Å²) in [5.41, 5.74) is 1.95. The first kappa shape index (κ1) is 32.5. The zero-order chi connectivity index (χ0) is 29.0. The number of allylic oxidation sites excluding steroid dienone is 3. The molecule has 1 unspecified atom stereocenters. The Morgan fingerprint density at radius 3 is 2.54 bits per heavy atom. The number of benzene rings is 1. The Morgan fingerprint density at radius 2 is 1.90 bits per heavy atom. The highest BCUT2D eigenvalue weighted by molar-refractivity contribution is 5.70. The van der Waals surface area contributed by atoms with Gasteiger partial charge in [-0.25, -0.2) is 0 Å². The van der Waals surface area contributed by atoms with Gasteiger partial charge >= 0.3 is 11.9 Å². The van der Waals surface area contributed by atoms with Crippen LogP contribution in [0.2, 0.25) is 0 Å². The molecule has 3 N–H and O–H groups in total. The first-order chi connectivity index (χ1) is 18.4. The Kier molecular flexibility index (Phi) is 13.1. The summed E-state index contributed by atoms with van der Waals surface area (Å²) >= 11 is 0. The molecule has 0 spiro atoms. The number of carboxylic acids is 1. The second-order valence-corrected chi connectivity index (χ2v) is 11.2. The van der Waals surface area contributed by atoms with Gasteiger partial charge in [0.25, 0.3) is 0 Å². The molecule has 7 heteroatoms. The smallest absolute Gasteiger partial charge is 0.309 e. The molecule has 216 valence electrons. The zero-order valence-corrected chi connectivity index (χ0v) is 24.0. The average Bonchev–Trinajstić information content (AvgIpc) is 2.87. The number of methoxy groups -OCH3 is 1. The Labute approximate surface area is 233 Å². The third kappa shape index (κ3) is 11.5. The van der Waals surface area contributed by atoms with Crippen molar-refractivity contribution >= 4 is 11.9 Å². The molecule has 0 bridgehead atoms. The number of esters is 1. The summed E-state index contributed by atoms with van der Waals surface area (Å²) in [5, 5.41) is 30.7. The number of aliphatic carboxylic acids is 1. The van der Waals surface area contributed by atoms with E-state index in [1.54, 1.807) is 20.1 Å². The predicted molar refractivity (Wildman–Crippen MR) is 152 cm³/mol. The maximum Gasteiger partial charge on any atom is 0.309 e. The van der Waals surface area contributed by atoms with Crippen LogP contribution in [-0.4, -0.2) is 52.2 Å². The summed E-state index contributed by atoms with van der Waals surface area (Å²) in [6.07, 6.45) is 9.90. The van der Waals surface area contributed by atoms with Crippen molar-refractivity contribution in [3.8, 4) is 0 Å². The SMILES string of the molecule is COCc1ccc(CCC(C)/C=C/C=C(\C)[C@H]2OC(=O)C[C@H](O)CC[C@@](C)(O)[C@@H](CC(=O)O)/C=C/[C@@H]2C)cc1. The maximum absolute atomic E-state index is 12.6. The fourth-order valence-electron chi connectivity index (χ4n) is 4.79. The van der Waals surface area contributed by atoms with E-state index in [0.717, 1.165) is 24.0 Å². The molecule has 0 fully saturated rings. The van der Waals surface area contributed by atoms with Crippen LogP contribution in [0.3, 0.4) is 0 Å². The van der Waals surface area contributed by atoms with Crippen molar-refractivity contribution in [1.29, 1.82) is 0 Å². The van der Waals surface area contributed by atoms with Crippen LogP contribution in [0.4, 0.5) is 0 Å². The summed E-state index contributed by atoms with van der Waals surface area (Å²) in [5.74, 6) is -2.07. The van der Waals surface area contributed by atoms with E-state index in [9.17, 15) is 24.9 Å². The lowest BCUT2D eigenvalue weighted by Gasteiger charge is -2.32. The number of hydrogen-bond donors (Lipinski definition) is 3. The monoisotopic (exact) mass is 542 g/mol. The van der Waals surface area contributed by atoms with Crippen LogP contribution < -0.4 is 0 Å². The van der Waals surface area contributed by atoms with Crippen molar-refractivity contribution in [2.75, 3.05) is 7.11 Å². The van der Waals surface area contributed by atoms with Crippen LogP contribution in [0.1, 0.15) is 70.9 Å². The summed E-state index contributed by atoms with van der Waals surface area (Å²) in [7, 11) is 1.69. The highest BCUT2D eigenvalue weighted by Crippen LogP contribution is 2.30. The normalized spacial score (nSPS) is 28.8. The van der Waals surface area contributed by atoms with E-state index in [1.807, 2.05) is 32.1 Å². The van der Waals surface area contributed by atoms with Crippen LogP contribution in [0.5, 0.6) is 0 Å². The van der Waals surface area contributed by atoms with Crippen molar-refractivity contribution in [2.45, 2.75) is 90.6 Å². The molecule has 39 heavy (non-hydrogen) atoms. The Balaban J connectivity index is 2.12. The summed E-state index contributed by atoms with van der Waals surface area (Å²) in [6.45, 7) is 8.14. The summed E-state index contributed by atoms with van der Waals surface area (Å²) in [4.78, 5) is 24.0. The van der Waals surface area contributed by atoms with Crippen LogP contribution >= 0.6 is 0 Å². The minimum Gasteiger partial charge on any atom is -0.481 e. The summed E-state index contributed by atoms with van der Waals surface area (Å²) < 4.78 is 10.9. The lowest BCUT2D eigenvalue weighted by Crippen LogP contribution is -2.37. The van der Waals surface area contributed by atoms with Gasteiger partial charge < -0.3 is 24.8 Å². The minimum absolute atomic E-state index is 0.166. The van der Waals surface area contributed by atoms with Gasteiger partial charge in [0, 0.05) is 18.9 Å². The van der Waals surface area contributed by atoms with E-state index in [0.29, 0.717) is 12.5 Å². The third-order valence-electron chi connectivity index (χ3n) is 7.43. The van der Waals surface area contributed by atoms with Crippen LogP contribution in [0, 0.1) is 17.8 Å². The second kappa shape index (κ2) is 15.8. The van der Waals surface area contributed by atoms with E-state index in [4.69, 9.17) is 9.47 Å². The molecule has 6 atom stereocenters. The van der Waals surface area contributed by atoms with Gasteiger partial charge in [0.05, 0.1) is 31.2 Å². The molecule has 1 heterocycles. The number of carboxylic acid groups (broad SMARTS) is 1. The average molecular weight is 543 g/mol. The van der Waals surface area contributed by atoms with Crippen molar-refractivity contribution in [3.05, 3.63) is 71.3 Å². The number of hydrogen-bond acceptors (Lipinski definition) is 6. The third-order valence-corrected chi connectivity index (χ3v) is 7.43. The molecular weight excluding hydrogens is 496 g/mol. The van der Waals surface area contributed by atoms with Crippen LogP contribution in [-0.2, 0) is 32.1 Å². The first-order valence-electron chi connectivity index (χ1n) is 13.8. The van der Waals surface area contributed by atoms with Crippen molar-refractivity contribution < 1.29 is 34.4 Å². The van der Waals surface area contributed by atoms with E-state index in [2.05, 4.69) is 37.3 Å². The molecule has 7 nitrogen and oxygen atoms in total. The van der Waals surface area contributed by atoms with Gasteiger partial charge in [-0.15, -0.1) is 0 Å². The molecule has 0 aromatic heterocycles. The highest BCUT2D eigenvalue weighted by atomic mass is 16.5. The number of aliphatic hydroxyl groups excluding tert-OH is 1. The van der Waals surface area contributed by atoms with Crippen molar-refractivity contribution in [3.63, 3.8) is 0 Å². The van der Waals surface area contributed by atoms with Crippen molar-refractivity contribution in [1.82, 2.24) is 0 Å². The van der Waals surface area contributed by atoms with Gasteiger partial charge in [-0.2, -0.15) is 0 Å². The van der Waals surface area contributed by atoms with Gasteiger partial charge in [0.1, 0.15) is 6.10 Å². The lowest BCUT2D eigenvalue weighted by atomic mass is 9.80. The van der Waals surface area contributed by atoms with E-state index in [1.165, 1.54) is 5.56 Å². The maximum atomic E-state index is 12.6. The molecule has 0 saturated heterocycles. The van der Waals surface area contributed by atoms with Gasteiger partial charge in [-0.3, -0.25) is 9.59 Å². The van der Waals surface area contributed by atoms with E-state index >= 15 is 0 Å². The molecule has 0 aliphatic carbocycles. The largest absolute Gasteiger partial charge is 0.481 e. The highest BCUT2D eigenvalue weighted by Gasteiger charge is 2.34. The quantitative estimate of drug-likeness (QED) is 0.206. The molecule has 1 aliphatic rings. The van der Waals surface area contributed by atoms with E-state index < -0.39 is 35.7 Å². The second-order valence-electron chi connectivity index (χ2n) is 11.2. The Morgan fingerprint density at radius 1 is 1.23 bits per heavy atom. The Bertz CT molecular complexity index is 1010. The fraction of sp³-hybridized carbons (Fsp3) is 0.562. The van der Waals surface area contributed by atoms with Crippen molar-refractivity contribution in [2.24, 2.45) is 17.8 Å². The molecular formula is C32H46O7. The molecule has 2 rings (SSSR count). The fourth-order valence-corrected chi connectivity index (χ4v) is 4.79. The van der Waals surface area contributed by atoms with Crippen LogP contribution in [0.25, 0.3) is 0 Å². The standard InChI is InChI=1S/C32H46O7/c1-22(9-11-25-12-14-26(15-13-25)21-38-5)7-6-8-23(2)31-24(3)10-16-27(19-29(34)35)32(4,37)18-17-28(33)20-30(36)39-31/h6-8,10,12-16,22,24,27-28,31,33,37H,9,11,17-21H2,1-5H3,(H,34,35)/b7-6+,16-10+,23-8+/t22?,24-,27+,28+,31+,32+/m0/s1. The number of carbonyl (C=O) groups is 2. The van der Waals surface area contributed by atoms with Gasteiger partial charge in [-0.05, 0) is 62.1 Å². The first-order valence-corrected chi connectivity index (χ1v) is 13.8. The molecule has 1 aromatic rings. The number of carbonyl (C=O) groups excluding carboxylic acids is 1. The predicted octanol–water partition coefficient (Wildman–Crippen LogP) is 5.40. The lowest BCUT2D eigenvalue weighted by molar-refractivity contribution is -0.151. The van der Waals surface area contributed by atoms with Gasteiger partial charge in [0.15, 0.2) is 0 Å². The molecule has 0 radical (unpaired) electrons. The molecule has 1 aliphatic heterocycles. The van der Waals surface area contributed by atoms with Gasteiger partial charge in [-0.1, -0.05) is 68.5 Å². The molecule has 0 amide bonds. The van der Waals surface area contributed by atoms with E-state index in [-0.39, 0.29) is 31.6 Å². The van der Waals surface area contributed by atoms with Gasteiger partial charge in [0.2, 0.25) is 0 Å². The number of aryl methyl sites for hydroxylation is 1. The zero-order valence-electron chi connectivity index (χ0n) is 24.0. The summed E-state index contributed by atoms with van der Waals surface area (Å²) in [6, 6.07) is 8.46. The number of rotatable bonds is 10. The number of ether oxygens (including phenoxy) is 2. The molecule has 0 saturated carbocycles. The number of aliphatic hydroxyl groups is 2. The number of cyclic esters (lactones) is 1.